The van der Waals surface area contributed by atoms with E-state index in [2.05, 4.69) is 10.4 Å². The average Bonchev–Trinajstić information content (AvgIpc) is 2.58. The number of hydrogen-bond acceptors (Lipinski definition) is 6. The first-order valence-corrected chi connectivity index (χ1v) is 7.05. The largest absolute Gasteiger partial charge is 0.502 e. The molecular weight excluding hydrogens is 328 g/mol. The Bertz CT molecular complexity index is 846. The van der Waals surface area contributed by atoms with Crippen molar-refractivity contribution in [2.45, 2.75) is 6.92 Å². The first kappa shape index (κ1) is 17.6. The van der Waals surface area contributed by atoms with Gasteiger partial charge in [-0.1, -0.05) is 17.7 Å². The molecule has 128 valence electrons. The zero-order chi connectivity index (χ0) is 18.4. The number of aromatic hydroxyl groups is 1. The van der Waals surface area contributed by atoms with Gasteiger partial charge >= 0.3 is 17.5 Å². The molecule has 0 aliphatic heterocycles. The molecule has 2 aromatic carbocycles. The second-order valence-corrected chi connectivity index (χ2v) is 5.02. The number of hydrogen-bond donors (Lipinski definition) is 3. The van der Waals surface area contributed by atoms with E-state index in [0.717, 1.165) is 23.9 Å². The predicted molar refractivity (Wildman–Crippen MR) is 90.3 cm³/mol. The summed E-state index contributed by atoms with van der Waals surface area (Å²) in [6, 6.07) is 10.4. The Hall–Kier alpha value is -3.75. The predicted octanol–water partition coefficient (Wildman–Crippen LogP) is 1.70. The molecule has 0 aromatic heterocycles. The minimum Gasteiger partial charge on any atom is -0.502 e. The van der Waals surface area contributed by atoms with Gasteiger partial charge in [-0.2, -0.15) is 5.10 Å². The molecule has 0 saturated carbocycles. The summed E-state index contributed by atoms with van der Waals surface area (Å²) >= 11 is 0. The zero-order valence-corrected chi connectivity index (χ0v) is 13.1. The van der Waals surface area contributed by atoms with Crippen molar-refractivity contribution in [3.63, 3.8) is 0 Å². The van der Waals surface area contributed by atoms with Crippen LogP contribution < -0.4 is 10.7 Å². The smallest absolute Gasteiger partial charge is 0.329 e. The van der Waals surface area contributed by atoms with Gasteiger partial charge in [0.15, 0.2) is 5.75 Å². The fourth-order valence-electron chi connectivity index (χ4n) is 1.81. The van der Waals surface area contributed by atoms with Crippen LogP contribution in [0.15, 0.2) is 47.6 Å². The molecule has 25 heavy (non-hydrogen) atoms. The van der Waals surface area contributed by atoms with Crippen molar-refractivity contribution in [1.82, 2.24) is 5.43 Å². The first-order valence-electron chi connectivity index (χ1n) is 7.05. The van der Waals surface area contributed by atoms with E-state index >= 15 is 0 Å². The van der Waals surface area contributed by atoms with Crippen LogP contribution >= 0.6 is 0 Å². The highest BCUT2D eigenvalue weighted by molar-refractivity contribution is 6.39. The van der Waals surface area contributed by atoms with Gasteiger partial charge in [0.25, 0.3) is 0 Å². The van der Waals surface area contributed by atoms with Gasteiger partial charge in [-0.25, -0.2) is 5.43 Å². The van der Waals surface area contributed by atoms with Crippen LogP contribution in [-0.4, -0.2) is 28.1 Å². The Labute approximate surface area is 142 Å². The van der Waals surface area contributed by atoms with Gasteiger partial charge in [0.2, 0.25) is 0 Å². The number of carbonyl (C=O) groups excluding carboxylic acids is 2. The van der Waals surface area contributed by atoms with Gasteiger partial charge in [-0.05, 0) is 31.2 Å². The minimum atomic E-state index is -0.995. The number of aryl methyl sites for hydroxylation is 1. The molecule has 2 rings (SSSR count). The number of phenolic OH excluding ortho intramolecular Hbond substituents is 1. The molecule has 3 N–H and O–H groups in total. The fourth-order valence-corrected chi connectivity index (χ4v) is 1.81. The van der Waals surface area contributed by atoms with Crippen LogP contribution in [0.4, 0.5) is 11.4 Å². The summed E-state index contributed by atoms with van der Waals surface area (Å²) in [4.78, 5) is 33.3. The highest BCUT2D eigenvalue weighted by atomic mass is 16.6. The Morgan fingerprint density at radius 2 is 1.84 bits per heavy atom. The van der Waals surface area contributed by atoms with Crippen molar-refractivity contribution in [2.24, 2.45) is 5.10 Å². The molecule has 0 atom stereocenters. The van der Waals surface area contributed by atoms with Crippen LogP contribution in [0.1, 0.15) is 11.1 Å². The number of amides is 2. The topological polar surface area (TPSA) is 134 Å². The van der Waals surface area contributed by atoms with Crippen LogP contribution in [0.3, 0.4) is 0 Å². The number of nitrogens with one attached hydrogen (secondary N) is 2. The maximum atomic E-state index is 11.7. The molecule has 9 heteroatoms. The molecule has 0 aliphatic rings. The molecular formula is C16H14N4O5. The van der Waals surface area contributed by atoms with Crippen LogP contribution in [0.2, 0.25) is 0 Å². The summed E-state index contributed by atoms with van der Waals surface area (Å²) in [7, 11) is 0. The van der Waals surface area contributed by atoms with Crippen LogP contribution in [0.25, 0.3) is 0 Å². The van der Waals surface area contributed by atoms with Gasteiger partial charge in [0, 0.05) is 17.3 Å². The summed E-state index contributed by atoms with van der Waals surface area (Å²) < 4.78 is 0. The Morgan fingerprint density at radius 1 is 1.16 bits per heavy atom. The number of benzene rings is 2. The standard InChI is InChI=1S/C16H14N4O5/c1-10-2-5-12(6-3-10)18-15(22)16(23)19-17-9-11-4-7-14(21)13(8-11)20(24)25/h2-9,21H,1H3,(H,18,22)(H,19,23)/b17-9+. The Balaban J connectivity index is 1.95. The molecule has 9 nitrogen and oxygen atoms in total. The number of phenols is 1. The molecule has 2 aromatic rings. The third-order valence-electron chi connectivity index (χ3n) is 3.09. The summed E-state index contributed by atoms with van der Waals surface area (Å²) in [5.41, 5.74) is 3.26. The maximum absolute atomic E-state index is 11.7. The molecule has 0 heterocycles. The van der Waals surface area contributed by atoms with Crippen LogP contribution in [0.5, 0.6) is 5.75 Å². The summed E-state index contributed by atoms with van der Waals surface area (Å²) in [6.45, 7) is 1.89. The monoisotopic (exact) mass is 342 g/mol. The van der Waals surface area contributed by atoms with Crippen LogP contribution in [-0.2, 0) is 9.59 Å². The molecule has 0 fully saturated rings. The lowest BCUT2D eigenvalue weighted by molar-refractivity contribution is -0.385. The van der Waals surface area contributed by atoms with E-state index in [0.29, 0.717) is 5.69 Å². The highest BCUT2D eigenvalue weighted by Gasteiger charge is 2.14. The van der Waals surface area contributed by atoms with E-state index in [9.17, 15) is 24.8 Å². The first-order chi connectivity index (χ1) is 11.9. The number of anilines is 1. The SMILES string of the molecule is Cc1ccc(NC(=O)C(=O)N/N=C/c2ccc(O)c([N+](=O)[O-])c2)cc1. The Kier molecular flexibility index (Phi) is 5.41. The molecule has 0 spiro atoms. The second-order valence-electron chi connectivity index (χ2n) is 5.02. The average molecular weight is 342 g/mol. The molecule has 0 unspecified atom stereocenters. The highest BCUT2D eigenvalue weighted by Crippen LogP contribution is 2.25. The quantitative estimate of drug-likeness (QED) is 0.336. The number of nitro benzene ring substituents is 1. The van der Waals surface area contributed by atoms with E-state index in [4.69, 9.17) is 0 Å². The molecule has 0 aliphatic carbocycles. The summed E-state index contributed by atoms with van der Waals surface area (Å²) in [6.07, 6.45) is 1.11. The van der Waals surface area contributed by atoms with Crippen molar-refractivity contribution < 1.29 is 19.6 Å². The van der Waals surface area contributed by atoms with E-state index in [-0.39, 0.29) is 5.56 Å². The van der Waals surface area contributed by atoms with Gasteiger partial charge < -0.3 is 10.4 Å². The van der Waals surface area contributed by atoms with E-state index in [1.165, 1.54) is 6.07 Å². The number of hydrazone groups is 1. The van der Waals surface area contributed by atoms with Crippen molar-refractivity contribution >= 4 is 29.4 Å². The third kappa shape index (κ3) is 4.86. The van der Waals surface area contributed by atoms with Crippen molar-refractivity contribution in [1.29, 1.82) is 0 Å². The lowest BCUT2D eigenvalue weighted by Crippen LogP contribution is -2.32. The van der Waals surface area contributed by atoms with Gasteiger partial charge in [-0.3, -0.25) is 19.7 Å². The molecule has 0 bridgehead atoms. The van der Waals surface area contributed by atoms with Crippen molar-refractivity contribution in [3.8, 4) is 5.75 Å². The van der Waals surface area contributed by atoms with Crippen LogP contribution in [0, 0.1) is 17.0 Å². The van der Waals surface area contributed by atoms with Crippen molar-refractivity contribution in [3.05, 3.63) is 63.7 Å². The molecule has 2 amide bonds. The fraction of sp³-hybridized carbons (Fsp3) is 0.0625. The minimum absolute atomic E-state index is 0.267. The third-order valence-corrected chi connectivity index (χ3v) is 3.09. The van der Waals surface area contributed by atoms with Gasteiger partial charge in [0.1, 0.15) is 0 Å². The lowest BCUT2D eigenvalue weighted by atomic mass is 10.2. The lowest BCUT2D eigenvalue weighted by Gasteiger charge is -2.04. The summed E-state index contributed by atoms with van der Waals surface area (Å²) in [5, 5.41) is 26.0. The molecule has 0 radical (unpaired) electrons. The Morgan fingerprint density at radius 3 is 2.48 bits per heavy atom. The zero-order valence-electron chi connectivity index (χ0n) is 13.1. The number of carbonyl (C=O) groups is 2. The van der Waals surface area contributed by atoms with Crippen molar-refractivity contribution in [2.75, 3.05) is 5.32 Å². The maximum Gasteiger partial charge on any atom is 0.329 e. The molecule has 0 saturated heterocycles. The van der Waals surface area contributed by atoms with Gasteiger partial charge in [0.05, 0.1) is 11.1 Å². The number of rotatable bonds is 4. The summed E-state index contributed by atoms with van der Waals surface area (Å²) in [5.74, 6) is -2.38. The second kappa shape index (κ2) is 7.68. The van der Waals surface area contributed by atoms with Gasteiger partial charge in [-0.15, -0.1) is 0 Å². The number of nitrogens with zero attached hydrogens (tertiary/aromatic N) is 2. The van der Waals surface area contributed by atoms with E-state index in [1.54, 1.807) is 24.3 Å². The van der Waals surface area contributed by atoms with E-state index < -0.39 is 28.2 Å². The number of nitro groups is 1. The van der Waals surface area contributed by atoms with E-state index in [1.807, 2.05) is 12.3 Å². The normalized spacial score (nSPS) is 10.4.